The summed E-state index contributed by atoms with van der Waals surface area (Å²) in [6, 6.07) is 0. The molecule has 48 valence electrons. The zero-order valence-corrected chi connectivity index (χ0v) is 4.59. The van der Waals surface area contributed by atoms with E-state index >= 15 is 0 Å². The van der Waals surface area contributed by atoms with Crippen LogP contribution in [0.1, 0.15) is 7.43 Å². The van der Waals surface area contributed by atoms with Crippen LogP contribution in [0.2, 0.25) is 0 Å². The van der Waals surface area contributed by atoms with Crippen molar-refractivity contribution in [2.24, 2.45) is 0 Å². The second-order valence-corrected chi connectivity index (χ2v) is 1.54. The third kappa shape index (κ3) is 607. The summed E-state index contributed by atoms with van der Waals surface area (Å²) in [6.45, 7) is 0. The molecule has 0 aliphatic rings. The van der Waals surface area contributed by atoms with Crippen molar-refractivity contribution in [1.82, 2.24) is 0 Å². The van der Waals surface area contributed by atoms with E-state index in [-0.39, 0.29) is 20.9 Å². The second kappa shape index (κ2) is 4.61. The fourth-order valence-corrected chi connectivity index (χ4v) is 0. The Hall–Kier alpha value is 0.460. The van der Waals surface area contributed by atoms with Gasteiger partial charge in [-0.05, 0) is 0 Å². The van der Waals surface area contributed by atoms with Crippen LogP contribution in [0.5, 0.6) is 0 Å². The molecule has 0 aromatic heterocycles. The first-order chi connectivity index (χ1) is 2.00. The molecule has 0 fully saturated rings. The lowest BCUT2D eigenvalue weighted by molar-refractivity contribution is 0.275. The van der Waals surface area contributed by atoms with E-state index < -0.39 is 7.82 Å². The lowest BCUT2D eigenvalue weighted by Crippen LogP contribution is -1.66. The van der Waals surface area contributed by atoms with E-state index in [1.165, 1.54) is 0 Å². The highest BCUT2D eigenvalue weighted by molar-refractivity contribution is 7.59. The van der Waals surface area contributed by atoms with Gasteiger partial charge in [-0.15, -0.1) is 0 Å². The van der Waals surface area contributed by atoms with Crippen LogP contribution in [-0.4, -0.2) is 14.7 Å². The van der Waals surface area contributed by atoms with Crippen molar-refractivity contribution < 1.29 is 19.2 Å². The summed E-state index contributed by atoms with van der Waals surface area (Å²) in [5.74, 6) is 0. The predicted molar refractivity (Wildman–Crippen MR) is 31.4 cm³/mol. The summed E-state index contributed by atoms with van der Waals surface area (Å²) in [6.07, 6.45) is 0. The standard InChI is InChI=1S/CH4.H3O4P.H2S/c;1-5(2,3)4;/h1H4;(H3,1,2,3,4);1H2. The summed E-state index contributed by atoms with van der Waals surface area (Å²) in [5.41, 5.74) is 0. The molecule has 0 atom stereocenters. The lowest BCUT2D eigenvalue weighted by atomic mass is 12.0. The van der Waals surface area contributed by atoms with Crippen LogP contribution >= 0.6 is 21.3 Å². The largest absolute Gasteiger partial charge is 0.466 e. The number of rotatable bonds is 0. The van der Waals surface area contributed by atoms with Gasteiger partial charge in [-0.1, -0.05) is 7.43 Å². The van der Waals surface area contributed by atoms with Gasteiger partial charge in [0.15, 0.2) is 0 Å². The summed E-state index contributed by atoms with van der Waals surface area (Å²) in [5, 5.41) is 0. The summed E-state index contributed by atoms with van der Waals surface area (Å²) in [7, 11) is -4.64. The maximum atomic E-state index is 8.88. The Bertz CT molecular complexity index is 57.8. The Labute approximate surface area is 48.9 Å². The van der Waals surface area contributed by atoms with Crippen LogP contribution in [-0.2, 0) is 4.57 Å². The minimum absolute atomic E-state index is 0. The van der Waals surface area contributed by atoms with Gasteiger partial charge in [0.05, 0.1) is 0 Å². The van der Waals surface area contributed by atoms with Crippen LogP contribution in [0.15, 0.2) is 0 Å². The highest BCUT2D eigenvalue weighted by Crippen LogP contribution is 2.25. The van der Waals surface area contributed by atoms with E-state index in [1.807, 2.05) is 0 Å². The van der Waals surface area contributed by atoms with Gasteiger partial charge in [-0.25, -0.2) is 4.57 Å². The van der Waals surface area contributed by atoms with E-state index in [1.54, 1.807) is 0 Å². The van der Waals surface area contributed by atoms with E-state index in [2.05, 4.69) is 0 Å². The molecular weight excluding hydrogens is 139 g/mol. The summed E-state index contributed by atoms with van der Waals surface area (Å²) in [4.78, 5) is 21.6. The molecule has 0 saturated heterocycles. The van der Waals surface area contributed by atoms with Crippen LogP contribution in [0.4, 0.5) is 0 Å². The Kier molecular flexibility index (Phi) is 10.3. The smallest absolute Gasteiger partial charge is 0.303 e. The van der Waals surface area contributed by atoms with Gasteiger partial charge < -0.3 is 14.7 Å². The Morgan fingerprint density at radius 3 is 1.14 bits per heavy atom. The maximum Gasteiger partial charge on any atom is 0.466 e. The zero-order chi connectivity index (χ0) is 4.50. The predicted octanol–water partition coefficient (Wildman–Crippen LogP) is -0.180. The molecule has 3 N–H and O–H groups in total. The van der Waals surface area contributed by atoms with Crippen LogP contribution in [0, 0.1) is 0 Å². The molecular formula is CH9O4PS. The molecule has 0 saturated carbocycles. The molecule has 0 bridgehead atoms. The first-order valence-electron chi connectivity index (χ1n) is 0.783. The molecule has 0 rings (SSSR count). The normalized spacial score (nSPS) is 8.43. The quantitative estimate of drug-likeness (QED) is 0.416. The SMILES string of the molecule is C.O=P(O)(O)O.S. The topological polar surface area (TPSA) is 77.8 Å². The van der Waals surface area contributed by atoms with Crippen molar-refractivity contribution >= 4 is 21.3 Å². The van der Waals surface area contributed by atoms with Gasteiger partial charge in [0.1, 0.15) is 0 Å². The molecule has 0 unspecified atom stereocenters. The third-order valence-electron chi connectivity index (χ3n) is 0. The van der Waals surface area contributed by atoms with Crippen molar-refractivity contribution in [2.75, 3.05) is 0 Å². The van der Waals surface area contributed by atoms with E-state index in [0.29, 0.717) is 0 Å². The van der Waals surface area contributed by atoms with Gasteiger partial charge in [-0.3, -0.25) is 0 Å². The van der Waals surface area contributed by atoms with E-state index in [0.717, 1.165) is 0 Å². The monoisotopic (exact) mass is 148 g/mol. The second-order valence-electron chi connectivity index (χ2n) is 0.513. The Morgan fingerprint density at radius 1 is 1.14 bits per heavy atom. The molecule has 6 heteroatoms. The number of hydrogen-bond donors (Lipinski definition) is 3. The van der Waals surface area contributed by atoms with Crippen LogP contribution < -0.4 is 0 Å². The summed E-state index contributed by atoms with van der Waals surface area (Å²) >= 11 is 0. The molecule has 0 heterocycles. The Balaban J connectivity index is -0.0000000800. The molecule has 0 radical (unpaired) electrons. The van der Waals surface area contributed by atoms with Crippen molar-refractivity contribution in [3.05, 3.63) is 0 Å². The molecule has 0 aliphatic carbocycles. The molecule has 0 aromatic rings. The van der Waals surface area contributed by atoms with Gasteiger partial charge >= 0.3 is 7.82 Å². The maximum absolute atomic E-state index is 8.88. The minimum Gasteiger partial charge on any atom is -0.303 e. The van der Waals surface area contributed by atoms with E-state index in [9.17, 15) is 0 Å². The third-order valence-corrected chi connectivity index (χ3v) is 0. The van der Waals surface area contributed by atoms with Gasteiger partial charge in [-0.2, -0.15) is 13.5 Å². The highest BCUT2D eigenvalue weighted by atomic mass is 32.1. The molecule has 0 aromatic carbocycles. The van der Waals surface area contributed by atoms with Crippen LogP contribution in [0.3, 0.4) is 0 Å². The van der Waals surface area contributed by atoms with Crippen molar-refractivity contribution in [2.45, 2.75) is 7.43 Å². The zero-order valence-electron chi connectivity index (χ0n) is 2.70. The molecule has 0 aliphatic heterocycles. The average molecular weight is 148 g/mol. The lowest BCUT2D eigenvalue weighted by Gasteiger charge is -1.82. The first-order valence-corrected chi connectivity index (χ1v) is 2.35. The molecule has 7 heavy (non-hydrogen) atoms. The summed E-state index contributed by atoms with van der Waals surface area (Å²) < 4.78 is 8.88. The van der Waals surface area contributed by atoms with E-state index in [4.69, 9.17) is 19.2 Å². The highest BCUT2D eigenvalue weighted by Gasteiger charge is 2.00. The van der Waals surface area contributed by atoms with Crippen molar-refractivity contribution in [1.29, 1.82) is 0 Å². The van der Waals surface area contributed by atoms with Gasteiger partial charge in [0.2, 0.25) is 0 Å². The molecule has 0 spiro atoms. The first kappa shape index (κ1) is 15.7. The van der Waals surface area contributed by atoms with Gasteiger partial charge in [0, 0.05) is 0 Å². The van der Waals surface area contributed by atoms with Crippen molar-refractivity contribution in [3.63, 3.8) is 0 Å². The molecule has 4 nitrogen and oxygen atoms in total. The fraction of sp³-hybridized carbons (Fsp3) is 1.00. The average Bonchev–Trinajstić information content (AvgIpc) is 0.722. The van der Waals surface area contributed by atoms with Gasteiger partial charge in [0.25, 0.3) is 0 Å². The Morgan fingerprint density at radius 2 is 1.14 bits per heavy atom. The molecule has 0 amide bonds. The number of hydrogen-bond acceptors (Lipinski definition) is 1. The van der Waals surface area contributed by atoms with Crippen LogP contribution in [0.25, 0.3) is 0 Å². The minimum atomic E-state index is -4.64. The number of phosphoric acid groups is 1. The fourth-order valence-electron chi connectivity index (χ4n) is 0. The van der Waals surface area contributed by atoms with Crippen molar-refractivity contribution in [3.8, 4) is 0 Å².